The first-order valence-electron chi connectivity index (χ1n) is 15.5. The highest BCUT2D eigenvalue weighted by Gasteiger charge is 2.33. The molecule has 40 heavy (non-hydrogen) atoms. The van der Waals surface area contributed by atoms with Crippen molar-refractivity contribution in [2.45, 2.75) is 92.9 Å². The minimum atomic E-state index is 0.0840. The van der Waals surface area contributed by atoms with Gasteiger partial charge in [-0.15, -0.1) is 0 Å². The van der Waals surface area contributed by atoms with Gasteiger partial charge >= 0.3 is 0 Å². The van der Waals surface area contributed by atoms with Crippen molar-refractivity contribution in [2.24, 2.45) is 23.7 Å². The minimum Gasteiger partial charge on any atom is -0.496 e. The van der Waals surface area contributed by atoms with Gasteiger partial charge in [0.05, 0.1) is 14.2 Å². The molecule has 0 N–H and O–H groups in total. The molecule has 0 radical (unpaired) electrons. The predicted octanol–water partition coefficient (Wildman–Crippen LogP) is 9.79. The normalized spacial score (nSPS) is 19.9. The molecule has 3 unspecified atom stereocenters. The Morgan fingerprint density at radius 3 is 2.20 bits per heavy atom. The van der Waals surface area contributed by atoms with Crippen molar-refractivity contribution in [2.75, 3.05) is 14.2 Å². The van der Waals surface area contributed by atoms with Crippen LogP contribution in [0.2, 0.25) is 0 Å². The van der Waals surface area contributed by atoms with Gasteiger partial charge in [-0.05, 0) is 115 Å². The van der Waals surface area contributed by atoms with Crippen LogP contribution in [0.3, 0.4) is 0 Å². The number of ketones is 1. The smallest absolute Gasteiger partial charge is 0.136 e. The zero-order valence-corrected chi connectivity index (χ0v) is 26.2. The summed E-state index contributed by atoms with van der Waals surface area (Å²) in [4.78, 5) is 13.7. The summed E-state index contributed by atoms with van der Waals surface area (Å²) in [6, 6.07) is 13.2. The molecule has 0 heterocycles. The first-order valence-corrected chi connectivity index (χ1v) is 15.5. The van der Waals surface area contributed by atoms with Crippen molar-refractivity contribution in [3.63, 3.8) is 0 Å². The van der Waals surface area contributed by atoms with E-state index in [2.05, 4.69) is 77.9 Å². The molecule has 0 bridgehead atoms. The summed E-state index contributed by atoms with van der Waals surface area (Å²) in [5.74, 6) is 3.58. The minimum absolute atomic E-state index is 0.0840. The highest BCUT2D eigenvalue weighted by atomic mass is 16.5. The third-order valence-corrected chi connectivity index (χ3v) is 9.84. The molecular formula is C37H50O3. The van der Waals surface area contributed by atoms with Crippen LogP contribution in [0, 0.1) is 37.5 Å². The van der Waals surface area contributed by atoms with Gasteiger partial charge in [0.25, 0.3) is 0 Å². The topological polar surface area (TPSA) is 35.5 Å². The Morgan fingerprint density at radius 1 is 0.900 bits per heavy atom. The van der Waals surface area contributed by atoms with Crippen molar-refractivity contribution < 1.29 is 14.3 Å². The van der Waals surface area contributed by atoms with E-state index < -0.39 is 0 Å². The predicted molar refractivity (Wildman–Crippen MR) is 168 cm³/mol. The third-order valence-electron chi connectivity index (χ3n) is 9.84. The Bertz CT molecular complexity index is 1270. The van der Waals surface area contributed by atoms with Crippen molar-refractivity contribution in [3.05, 3.63) is 69.8 Å². The number of Topliss-reactive ketones (excluding diaryl/α,β-unsaturated/α-hetero) is 1. The fraction of sp³-hybridized carbons (Fsp3) is 0.541. The quantitative estimate of drug-likeness (QED) is 0.300. The zero-order valence-electron chi connectivity index (χ0n) is 26.2. The molecule has 3 atom stereocenters. The van der Waals surface area contributed by atoms with E-state index in [1.165, 1.54) is 59.1 Å². The summed E-state index contributed by atoms with van der Waals surface area (Å²) in [6.45, 7) is 13.4. The molecule has 1 saturated carbocycles. The lowest BCUT2D eigenvalue weighted by Crippen LogP contribution is -2.25. The number of hydrogen-bond acceptors (Lipinski definition) is 3. The zero-order chi connectivity index (χ0) is 29.0. The number of carbonyl (C=O) groups excluding carboxylic acids is 1. The van der Waals surface area contributed by atoms with Crippen molar-refractivity contribution >= 4 is 16.9 Å². The molecule has 2 aliphatic rings. The van der Waals surface area contributed by atoms with E-state index in [4.69, 9.17) is 9.47 Å². The molecule has 0 saturated heterocycles. The first-order chi connectivity index (χ1) is 19.2. The lowest BCUT2D eigenvalue weighted by Gasteiger charge is -2.27. The highest BCUT2D eigenvalue weighted by molar-refractivity contribution is 6.00. The summed E-state index contributed by atoms with van der Waals surface area (Å²) in [7, 11) is 3.49. The maximum absolute atomic E-state index is 13.7. The average Bonchev–Trinajstić information content (AvgIpc) is 3.40. The Balaban J connectivity index is 1.87. The number of rotatable bonds is 10. The van der Waals surface area contributed by atoms with E-state index in [9.17, 15) is 4.79 Å². The monoisotopic (exact) mass is 542 g/mol. The van der Waals surface area contributed by atoms with Gasteiger partial charge in [-0.3, -0.25) is 4.79 Å². The summed E-state index contributed by atoms with van der Waals surface area (Å²) >= 11 is 0. The molecule has 0 aromatic heterocycles. The van der Waals surface area contributed by atoms with E-state index in [1.807, 2.05) is 0 Å². The largest absolute Gasteiger partial charge is 0.496 e. The van der Waals surface area contributed by atoms with E-state index in [1.54, 1.807) is 14.2 Å². The molecule has 2 aromatic carbocycles. The Hall–Kier alpha value is -2.81. The lowest BCUT2D eigenvalue weighted by atomic mass is 9.76. The summed E-state index contributed by atoms with van der Waals surface area (Å²) in [5.41, 5.74) is 10.2. The van der Waals surface area contributed by atoms with Crippen molar-refractivity contribution in [1.82, 2.24) is 0 Å². The third kappa shape index (κ3) is 6.24. The van der Waals surface area contributed by atoms with Crippen molar-refractivity contribution in [3.8, 4) is 11.5 Å². The summed E-state index contributed by atoms with van der Waals surface area (Å²) in [5, 5.41) is 0. The molecule has 3 heteroatoms. The fourth-order valence-electron chi connectivity index (χ4n) is 7.46. The van der Waals surface area contributed by atoms with E-state index in [0.29, 0.717) is 17.6 Å². The Kier molecular flexibility index (Phi) is 9.98. The second-order valence-corrected chi connectivity index (χ2v) is 12.4. The molecule has 4 rings (SSSR count). The van der Waals surface area contributed by atoms with Crippen LogP contribution in [0.4, 0.5) is 0 Å². The number of ether oxygens (including phenoxy) is 2. The molecule has 216 valence electrons. The lowest BCUT2D eigenvalue weighted by molar-refractivity contribution is -0.125. The van der Waals surface area contributed by atoms with Crippen LogP contribution in [-0.2, 0) is 4.79 Å². The van der Waals surface area contributed by atoms with Crippen LogP contribution >= 0.6 is 0 Å². The van der Waals surface area contributed by atoms with Gasteiger partial charge < -0.3 is 9.47 Å². The SMILES string of the molecule is CCC(C(=O)CC1CCCC1)C(C)C1=C(C)C(c2ccc(OC)c(C)c2)=C(c2ccc(C)c(OC)c2)C(C)CC1. The van der Waals surface area contributed by atoms with Gasteiger partial charge in [0.1, 0.15) is 17.3 Å². The second kappa shape index (κ2) is 13.2. The molecular weight excluding hydrogens is 492 g/mol. The fourth-order valence-corrected chi connectivity index (χ4v) is 7.46. The van der Waals surface area contributed by atoms with Gasteiger partial charge in [-0.1, -0.05) is 70.2 Å². The van der Waals surface area contributed by atoms with E-state index in [0.717, 1.165) is 48.3 Å². The standard InChI is InChI=1S/C37H50O3/c1-9-31(33(38)21-28-12-10-11-13-28)26(5)32-18-15-24(3)36(30-16-14-23(2)35(22-30)40-8)37(27(32)6)29-17-19-34(39-7)25(4)20-29/h14,16-17,19-20,22,24,26,28,31H,9-13,15,18,21H2,1-8H3. The Labute approximate surface area is 243 Å². The summed E-state index contributed by atoms with van der Waals surface area (Å²) in [6.07, 6.45) is 8.78. The van der Waals surface area contributed by atoms with E-state index >= 15 is 0 Å². The van der Waals surface area contributed by atoms with Gasteiger partial charge in [0, 0.05) is 12.3 Å². The first kappa shape index (κ1) is 30.2. The molecule has 0 aliphatic heterocycles. The number of carbonyl (C=O) groups is 1. The number of aryl methyl sites for hydroxylation is 2. The molecule has 1 fully saturated rings. The van der Waals surface area contributed by atoms with Crippen LogP contribution in [-0.4, -0.2) is 20.0 Å². The maximum Gasteiger partial charge on any atom is 0.136 e. The van der Waals surface area contributed by atoms with Crippen LogP contribution in [0.1, 0.15) is 101 Å². The Morgan fingerprint density at radius 2 is 1.57 bits per heavy atom. The van der Waals surface area contributed by atoms with Gasteiger partial charge in [-0.25, -0.2) is 0 Å². The highest BCUT2D eigenvalue weighted by Crippen LogP contribution is 2.47. The van der Waals surface area contributed by atoms with E-state index in [-0.39, 0.29) is 11.8 Å². The van der Waals surface area contributed by atoms with Crippen LogP contribution in [0.25, 0.3) is 11.1 Å². The van der Waals surface area contributed by atoms with Crippen LogP contribution < -0.4 is 9.47 Å². The van der Waals surface area contributed by atoms with Gasteiger partial charge in [-0.2, -0.15) is 0 Å². The molecule has 0 spiro atoms. The second-order valence-electron chi connectivity index (χ2n) is 12.4. The van der Waals surface area contributed by atoms with Crippen LogP contribution in [0.5, 0.6) is 11.5 Å². The number of hydrogen-bond donors (Lipinski definition) is 0. The maximum atomic E-state index is 13.7. The number of methoxy groups -OCH3 is 2. The van der Waals surface area contributed by atoms with Gasteiger partial charge in [0.2, 0.25) is 0 Å². The molecule has 2 aromatic rings. The van der Waals surface area contributed by atoms with Gasteiger partial charge in [0.15, 0.2) is 0 Å². The number of benzene rings is 2. The molecule has 0 amide bonds. The van der Waals surface area contributed by atoms with Crippen LogP contribution in [0.15, 0.2) is 47.5 Å². The summed E-state index contributed by atoms with van der Waals surface area (Å²) < 4.78 is 11.4. The number of allylic oxidation sites excluding steroid dienone is 4. The molecule has 3 nitrogen and oxygen atoms in total. The van der Waals surface area contributed by atoms with Crippen molar-refractivity contribution in [1.29, 1.82) is 0 Å². The average molecular weight is 543 g/mol. The molecule has 2 aliphatic carbocycles.